The highest BCUT2D eigenvalue weighted by Crippen LogP contribution is 2.22. The number of nitrogens with zero attached hydrogens (tertiary/aromatic N) is 1. The van der Waals surface area contributed by atoms with Gasteiger partial charge in [-0.15, -0.1) is 11.3 Å². The Morgan fingerprint density at radius 2 is 1.85 bits per heavy atom. The van der Waals surface area contributed by atoms with Crippen molar-refractivity contribution in [3.05, 3.63) is 75.2 Å². The van der Waals surface area contributed by atoms with Gasteiger partial charge in [-0.05, 0) is 41.3 Å². The van der Waals surface area contributed by atoms with E-state index < -0.39 is 0 Å². The van der Waals surface area contributed by atoms with Crippen LogP contribution in [0.1, 0.15) is 35.8 Å². The molecule has 1 amide bonds. The van der Waals surface area contributed by atoms with Crippen molar-refractivity contribution in [3.63, 3.8) is 0 Å². The van der Waals surface area contributed by atoms with Crippen molar-refractivity contribution in [1.29, 1.82) is 0 Å². The van der Waals surface area contributed by atoms with Gasteiger partial charge in [0.25, 0.3) is 5.91 Å². The number of halogens is 1. The summed E-state index contributed by atoms with van der Waals surface area (Å²) in [6.45, 7) is 4.24. The number of rotatable bonds is 7. The number of aromatic nitrogens is 1. The van der Waals surface area contributed by atoms with Crippen LogP contribution in [0.4, 0.5) is 5.13 Å². The standard InChI is InChI=1S/C21H21BrN2O2S/c1-14(2)16-5-9-18(10-6-16)26-13-20(25)24-21-23-12-19(27-21)11-15-3-7-17(22)8-4-15/h3-10,12,14H,11,13H2,1-2H3,(H,23,24,25). The Morgan fingerprint density at radius 3 is 2.52 bits per heavy atom. The molecule has 0 atom stereocenters. The summed E-state index contributed by atoms with van der Waals surface area (Å²) in [6.07, 6.45) is 2.59. The summed E-state index contributed by atoms with van der Waals surface area (Å²) < 4.78 is 6.61. The van der Waals surface area contributed by atoms with Gasteiger partial charge in [-0.2, -0.15) is 0 Å². The molecule has 0 aliphatic heterocycles. The second kappa shape index (κ2) is 9.15. The van der Waals surface area contributed by atoms with Crippen molar-refractivity contribution in [2.45, 2.75) is 26.2 Å². The van der Waals surface area contributed by atoms with E-state index in [-0.39, 0.29) is 12.5 Å². The van der Waals surface area contributed by atoms with Crippen LogP contribution in [0.25, 0.3) is 0 Å². The van der Waals surface area contributed by atoms with Crippen molar-refractivity contribution in [2.24, 2.45) is 0 Å². The minimum Gasteiger partial charge on any atom is -0.484 e. The maximum Gasteiger partial charge on any atom is 0.264 e. The van der Waals surface area contributed by atoms with Crippen LogP contribution in [-0.2, 0) is 11.2 Å². The monoisotopic (exact) mass is 444 g/mol. The van der Waals surface area contributed by atoms with Crippen LogP contribution in [-0.4, -0.2) is 17.5 Å². The third kappa shape index (κ3) is 5.91. The predicted molar refractivity (Wildman–Crippen MR) is 114 cm³/mol. The Bertz CT molecular complexity index is 889. The van der Waals surface area contributed by atoms with Crippen LogP contribution in [0, 0.1) is 0 Å². The number of thiazole rings is 1. The second-order valence-electron chi connectivity index (χ2n) is 6.50. The summed E-state index contributed by atoms with van der Waals surface area (Å²) in [6, 6.07) is 16.0. The lowest BCUT2D eigenvalue weighted by molar-refractivity contribution is -0.118. The molecule has 27 heavy (non-hydrogen) atoms. The molecule has 0 unspecified atom stereocenters. The Morgan fingerprint density at radius 1 is 1.15 bits per heavy atom. The van der Waals surface area contributed by atoms with Gasteiger partial charge in [0.1, 0.15) is 5.75 Å². The number of carbonyl (C=O) groups excluding carboxylic acids is 1. The molecule has 3 rings (SSSR count). The summed E-state index contributed by atoms with van der Waals surface area (Å²) >= 11 is 4.91. The summed E-state index contributed by atoms with van der Waals surface area (Å²) in [5.74, 6) is 0.941. The van der Waals surface area contributed by atoms with Gasteiger partial charge in [0.05, 0.1) is 0 Å². The summed E-state index contributed by atoms with van der Waals surface area (Å²) in [4.78, 5) is 17.5. The highest BCUT2D eigenvalue weighted by Gasteiger charge is 2.09. The van der Waals surface area contributed by atoms with E-state index in [9.17, 15) is 4.79 Å². The number of anilines is 1. The van der Waals surface area contributed by atoms with Gasteiger partial charge in [0.15, 0.2) is 11.7 Å². The topological polar surface area (TPSA) is 51.2 Å². The number of nitrogens with one attached hydrogen (secondary N) is 1. The summed E-state index contributed by atoms with van der Waals surface area (Å²) in [7, 11) is 0. The lowest BCUT2D eigenvalue weighted by Gasteiger charge is -2.08. The highest BCUT2D eigenvalue weighted by atomic mass is 79.9. The quantitative estimate of drug-likeness (QED) is 0.512. The largest absolute Gasteiger partial charge is 0.484 e. The number of carbonyl (C=O) groups is 1. The van der Waals surface area contributed by atoms with Gasteiger partial charge in [0.2, 0.25) is 0 Å². The van der Waals surface area contributed by atoms with E-state index in [1.807, 2.05) is 36.4 Å². The number of amides is 1. The van der Waals surface area contributed by atoms with Crippen molar-refractivity contribution in [3.8, 4) is 5.75 Å². The molecule has 0 aliphatic rings. The third-order valence-corrected chi connectivity index (χ3v) is 5.45. The maximum atomic E-state index is 12.1. The Kier molecular flexibility index (Phi) is 6.63. The van der Waals surface area contributed by atoms with Gasteiger partial charge in [-0.3, -0.25) is 10.1 Å². The van der Waals surface area contributed by atoms with Crippen LogP contribution in [0.15, 0.2) is 59.2 Å². The van der Waals surface area contributed by atoms with Gasteiger partial charge in [0, 0.05) is 22.0 Å². The maximum absolute atomic E-state index is 12.1. The van der Waals surface area contributed by atoms with E-state index in [4.69, 9.17) is 4.74 Å². The molecule has 0 saturated carbocycles. The number of hydrogen-bond donors (Lipinski definition) is 1. The molecule has 4 nitrogen and oxygen atoms in total. The summed E-state index contributed by atoms with van der Waals surface area (Å²) in [5, 5.41) is 3.38. The summed E-state index contributed by atoms with van der Waals surface area (Å²) in [5.41, 5.74) is 2.45. The average Bonchev–Trinajstić information content (AvgIpc) is 3.09. The molecule has 6 heteroatoms. The molecule has 2 aromatic carbocycles. The van der Waals surface area contributed by atoms with Gasteiger partial charge < -0.3 is 4.74 Å². The SMILES string of the molecule is CC(C)c1ccc(OCC(=O)Nc2ncc(Cc3ccc(Br)cc3)s2)cc1. The van der Waals surface area contributed by atoms with E-state index in [0.29, 0.717) is 16.8 Å². The molecule has 0 radical (unpaired) electrons. The molecule has 1 N–H and O–H groups in total. The zero-order valence-corrected chi connectivity index (χ0v) is 17.6. The van der Waals surface area contributed by atoms with Crippen LogP contribution >= 0.6 is 27.3 Å². The first-order valence-corrected chi connectivity index (χ1v) is 10.3. The predicted octanol–water partition coefficient (Wildman–Crippen LogP) is 5.64. The van der Waals surface area contributed by atoms with Crippen LogP contribution in [0.5, 0.6) is 5.75 Å². The Labute approximate surface area is 171 Å². The van der Waals surface area contributed by atoms with E-state index in [2.05, 4.69) is 52.2 Å². The smallest absolute Gasteiger partial charge is 0.264 e. The molecule has 1 aromatic heterocycles. The zero-order chi connectivity index (χ0) is 19.2. The average molecular weight is 445 g/mol. The van der Waals surface area contributed by atoms with Crippen molar-refractivity contribution in [1.82, 2.24) is 4.98 Å². The normalized spacial score (nSPS) is 10.8. The molecule has 1 heterocycles. The first-order valence-electron chi connectivity index (χ1n) is 8.71. The van der Waals surface area contributed by atoms with Crippen LogP contribution in [0.3, 0.4) is 0 Å². The lowest BCUT2D eigenvalue weighted by atomic mass is 10.0. The minimum atomic E-state index is -0.215. The molecule has 0 aliphatic carbocycles. The Balaban J connectivity index is 1.49. The lowest BCUT2D eigenvalue weighted by Crippen LogP contribution is -2.19. The fourth-order valence-corrected chi connectivity index (χ4v) is 3.63. The zero-order valence-electron chi connectivity index (χ0n) is 15.2. The second-order valence-corrected chi connectivity index (χ2v) is 8.53. The molecular weight excluding hydrogens is 424 g/mol. The van der Waals surface area contributed by atoms with E-state index >= 15 is 0 Å². The van der Waals surface area contributed by atoms with E-state index in [1.54, 1.807) is 6.20 Å². The van der Waals surface area contributed by atoms with Crippen LogP contribution in [0.2, 0.25) is 0 Å². The van der Waals surface area contributed by atoms with Gasteiger partial charge in [-0.1, -0.05) is 54.0 Å². The number of ether oxygens (including phenoxy) is 1. The third-order valence-electron chi connectivity index (χ3n) is 4.01. The van der Waals surface area contributed by atoms with Gasteiger partial charge in [-0.25, -0.2) is 4.98 Å². The van der Waals surface area contributed by atoms with E-state index in [0.717, 1.165) is 15.8 Å². The minimum absolute atomic E-state index is 0.0390. The Hall–Kier alpha value is -2.18. The fourth-order valence-electron chi connectivity index (χ4n) is 2.50. The molecule has 0 saturated heterocycles. The number of benzene rings is 2. The first kappa shape index (κ1) is 19.6. The van der Waals surface area contributed by atoms with Crippen molar-refractivity contribution < 1.29 is 9.53 Å². The molecular formula is C21H21BrN2O2S. The molecule has 0 bridgehead atoms. The molecule has 0 spiro atoms. The fraction of sp³-hybridized carbons (Fsp3) is 0.238. The molecule has 0 fully saturated rings. The van der Waals surface area contributed by atoms with Gasteiger partial charge >= 0.3 is 0 Å². The molecule has 3 aromatic rings. The highest BCUT2D eigenvalue weighted by molar-refractivity contribution is 9.10. The molecule has 140 valence electrons. The van der Waals surface area contributed by atoms with Crippen molar-refractivity contribution >= 4 is 38.3 Å². The number of hydrogen-bond acceptors (Lipinski definition) is 4. The van der Waals surface area contributed by atoms with Crippen LogP contribution < -0.4 is 10.1 Å². The van der Waals surface area contributed by atoms with E-state index in [1.165, 1.54) is 22.5 Å². The first-order chi connectivity index (χ1) is 13.0. The van der Waals surface area contributed by atoms with Crippen molar-refractivity contribution in [2.75, 3.05) is 11.9 Å².